The fourth-order valence-electron chi connectivity index (χ4n) is 2.77. The molecular formula is C15H21NO3. The van der Waals surface area contributed by atoms with Crippen LogP contribution in [0.2, 0.25) is 0 Å². The van der Waals surface area contributed by atoms with Crippen LogP contribution < -0.4 is 5.73 Å². The van der Waals surface area contributed by atoms with Gasteiger partial charge in [0, 0.05) is 5.41 Å². The summed E-state index contributed by atoms with van der Waals surface area (Å²) in [5.74, 6) is -0.951. The average Bonchev–Trinajstić information content (AvgIpc) is 2.28. The summed E-state index contributed by atoms with van der Waals surface area (Å²) in [6.45, 7) is 7.32. The maximum atomic E-state index is 11.0. The zero-order chi connectivity index (χ0) is 14.2. The molecule has 0 aliphatic carbocycles. The summed E-state index contributed by atoms with van der Waals surface area (Å²) >= 11 is 0. The Balaban J connectivity index is 2.36. The molecule has 2 rings (SSSR count). The first-order chi connectivity index (χ1) is 8.85. The van der Waals surface area contributed by atoms with Crippen molar-refractivity contribution in [1.82, 2.24) is 0 Å². The van der Waals surface area contributed by atoms with Crippen LogP contribution in [-0.4, -0.2) is 30.3 Å². The molecule has 1 saturated heterocycles. The maximum absolute atomic E-state index is 11.0. The normalized spacial score (nSPS) is 18.7. The Labute approximate surface area is 113 Å². The van der Waals surface area contributed by atoms with Gasteiger partial charge < -0.3 is 15.6 Å². The summed E-state index contributed by atoms with van der Waals surface area (Å²) in [7, 11) is 0. The van der Waals surface area contributed by atoms with Crippen LogP contribution in [0, 0.1) is 20.8 Å². The Bertz CT molecular complexity index is 506. The molecular weight excluding hydrogens is 242 g/mol. The number of hydrogen-bond donors (Lipinski definition) is 2. The zero-order valence-electron chi connectivity index (χ0n) is 11.7. The van der Waals surface area contributed by atoms with Crippen LogP contribution in [0.25, 0.3) is 0 Å². The van der Waals surface area contributed by atoms with Gasteiger partial charge in [-0.3, -0.25) is 4.79 Å². The molecule has 4 heteroatoms. The molecule has 0 aromatic heterocycles. The Kier molecular flexibility index (Phi) is 3.65. The van der Waals surface area contributed by atoms with E-state index < -0.39 is 12.0 Å². The van der Waals surface area contributed by atoms with Crippen molar-refractivity contribution < 1.29 is 14.6 Å². The fraction of sp³-hybridized carbons (Fsp3) is 0.533. The van der Waals surface area contributed by atoms with Gasteiger partial charge in [-0.15, -0.1) is 0 Å². The van der Waals surface area contributed by atoms with Crippen LogP contribution in [0.5, 0.6) is 0 Å². The molecule has 1 unspecified atom stereocenters. The van der Waals surface area contributed by atoms with E-state index in [1.807, 2.05) is 0 Å². The summed E-state index contributed by atoms with van der Waals surface area (Å²) in [5, 5.41) is 9.01. The second-order valence-corrected chi connectivity index (χ2v) is 5.67. The average molecular weight is 263 g/mol. The van der Waals surface area contributed by atoms with Gasteiger partial charge in [0.25, 0.3) is 0 Å². The van der Waals surface area contributed by atoms with E-state index in [-0.39, 0.29) is 5.41 Å². The van der Waals surface area contributed by atoms with Crippen LogP contribution in [0.3, 0.4) is 0 Å². The van der Waals surface area contributed by atoms with Gasteiger partial charge in [0.15, 0.2) is 0 Å². The molecule has 3 N–H and O–H groups in total. The molecule has 19 heavy (non-hydrogen) atoms. The van der Waals surface area contributed by atoms with Gasteiger partial charge in [-0.1, -0.05) is 12.1 Å². The topological polar surface area (TPSA) is 72.6 Å². The van der Waals surface area contributed by atoms with E-state index in [4.69, 9.17) is 15.6 Å². The van der Waals surface area contributed by atoms with E-state index in [0.29, 0.717) is 19.6 Å². The van der Waals surface area contributed by atoms with Crippen molar-refractivity contribution in [3.8, 4) is 0 Å². The summed E-state index contributed by atoms with van der Waals surface area (Å²) in [5.41, 5.74) is 10.3. The minimum absolute atomic E-state index is 0.236. The van der Waals surface area contributed by atoms with Gasteiger partial charge in [0.1, 0.15) is 6.04 Å². The summed E-state index contributed by atoms with van der Waals surface area (Å²) < 4.78 is 5.35. The molecule has 0 saturated carbocycles. The van der Waals surface area contributed by atoms with E-state index in [2.05, 4.69) is 32.9 Å². The first-order valence-corrected chi connectivity index (χ1v) is 6.50. The Morgan fingerprint density at radius 1 is 1.32 bits per heavy atom. The highest BCUT2D eigenvalue weighted by Crippen LogP contribution is 2.39. The van der Waals surface area contributed by atoms with Gasteiger partial charge in [-0.25, -0.2) is 0 Å². The largest absolute Gasteiger partial charge is 0.480 e. The molecule has 1 aliphatic heterocycles. The van der Waals surface area contributed by atoms with Crippen LogP contribution in [0.15, 0.2) is 12.1 Å². The van der Waals surface area contributed by atoms with Crippen LogP contribution in [-0.2, 0) is 14.9 Å². The molecule has 1 aromatic carbocycles. The number of ether oxygens (including phenoxy) is 1. The monoisotopic (exact) mass is 263 g/mol. The molecule has 0 bridgehead atoms. The smallest absolute Gasteiger partial charge is 0.320 e. The quantitative estimate of drug-likeness (QED) is 0.867. The third-order valence-corrected chi connectivity index (χ3v) is 4.10. The first kappa shape index (κ1) is 14.0. The van der Waals surface area contributed by atoms with E-state index in [1.54, 1.807) is 0 Å². The molecule has 104 valence electrons. The van der Waals surface area contributed by atoms with Crippen molar-refractivity contribution in [1.29, 1.82) is 0 Å². The second kappa shape index (κ2) is 4.94. The van der Waals surface area contributed by atoms with E-state index >= 15 is 0 Å². The van der Waals surface area contributed by atoms with Crippen molar-refractivity contribution in [2.75, 3.05) is 13.2 Å². The number of carboxylic acids is 1. The highest BCUT2D eigenvalue weighted by atomic mass is 16.5. The number of nitrogens with two attached hydrogens (primary N) is 1. The van der Waals surface area contributed by atoms with Crippen molar-refractivity contribution in [3.05, 3.63) is 34.4 Å². The lowest BCUT2D eigenvalue weighted by atomic mass is 9.71. The van der Waals surface area contributed by atoms with E-state index in [9.17, 15) is 4.79 Å². The van der Waals surface area contributed by atoms with Gasteiger partial charge in [0.2, 0.25) is 0 Å². The minimum atomic E-state index is -0.951. The lowest BCUT2D eigenvalue weighted by Crippen LogP contribution is -2.52. The first-order valence-electron chi connectivity index (χ1n) is 6.50. The Hall–Kier alpha value is -1.39. The molecule has 1 fully saturated rings. The molecule has 0 spiro atoms. The SMILES string of the molecule is Cc1cc(C)c(C2(CC(N)C(=O)O)COC2)cc1C. The van der Waals surface area contributed by atoms with E-state index in [0.717, 1.165) is 0 Å². The van der Waals surface area contributed by atoms with Gasteiger partial charge in [-0.05, 0) is 49.4 Å². The number of carbonyl (C=O) groups is 1. The molecule has 1 atom stereocenters. The number of aliphatic carboxylic acids is 1. The maximum Gasteiger partial charge on any atom is 0.320 e. The molecule has 4 nitrogen and oxygen atoms in total. The standard InChI is InChI=1S/C15H21NO3/c1-9-4-11(3)12(5-10(9)2)15(7-19-8-15)6-13(16)14(17)18/h4-5,13H,6-8,16H2,1-3H3,(H,17,18). The molecule has 1 heterocycles. The minimum Gasteiger partial charge on any atom is -0.480 e. The van der Waals surface area contributed by atoms with Crippen LogP contribution >= 0.6 is 0 Å². The highest BCUT2D eigenvalue weighted by Gasteiger charge is 2.43. The number of rotatable bonds is 4. The van der Waals surface area contributed by atoms with E-state index in [1.165, 1.54) is 22.3 Å². The van der Waals surface area contributed by atoms with Crippen LogP contribution in [0.1, 0.15) is 28.7 Å². The predicted molar refractivity (Wildman–Crippen MR) is 73.4 cm³/mol. The molecule has 0 amide bonds. The number of benzene rings is 1. The summed E-state index contributed by atoms with van der Waals surface area (Å²) in [6.07, 6.45) is 0.422. The predicted octanol–water partition coefficient (Wildman–Crippen LogP) is 1.68. The Morgan fingerprint density at radius 2 is 1.89 bits per heavy atom. The number of hydrogen-bond acceptors (Lipinski definition) is 3. The van der Waals surface area contributed by atoms with Gasteiger partial charge >= 0.3 is 5.97 Å². The molecule has 1 aliphatic rings. The lowest BCUT2D eigenvalue weighted by Gasteiger charge is -2.44. The summed E-state index contributed by atoms with van der Waals surface area (Å²) in [4.78, 5) is 11.0. The second-order valence-electron chi connectivity index (χ2n) is 5.67. The van der Waals surface area contributed by atoms with Gasteiger partial charge in [0.05, 0.1) is 13.2 Å². The Morgan fingerprint density at radius 3 is 2.37 bits per heavy atom. The lowest BCUT2D eigenvalue weighted by molar-refractivity contribution is -0.141. The van der Waals surface area contributed by atoms with Crippen molar-refractivity contribution in [2.45, 2.75) is 38.6 Å². The highest BCUT2D eigenvalue weighted by molar-refractivity contribution is 5.73. The van der Waals surface area contributed by atoms with Crippen molar-refractivity contribution in [2.24, 2.45) is 5.73 Å². The van der Waals surface area contributed by atoms with Crippen LogP contribution in [0.4, 0.5) is 0 Å². The van der Waals surface area contributed by atoms with Crippen molar-refractivity contribution in [3.63, 3.8) is 0 Å². The third kappa shape index (κ3) is 2.51. The van der Waals surface area contributed by atoms with Crippen molar-refractivity contribution >= 4 is 5.97 Å². The summed E-state index contributed by atoms with van der Waals surface area (Å²) in [6, 6.07) is 3.46. The zero-order valence-corrected chi connectivity index (χ0v) is 11.7. The molecule has 1 aromatic rings. The van der Waals surface area contributed by atoms with Gasteiger partial charge in [-0.2, -0.15) is 0 Å². The third-order valence-electron chi connectivity index (χ3n) is 4.10. The fourth-order valence-corrected chi connectivity index (χ4v) is 2.77. The number of carboxylic acid groups (broad SMARTS) is 1. The molecule has 0 radical (unpaired) electrons. The number of aryl methyl sites for hydroxylation is 3.